The molecular formula is C25H28N4O8S2. The summed E-state index contributed by atoms with van der Waals surface area (Å²) in [7, 11) is -7.63. The van der Waals surface area contributed by atoms with Gasteiger partial charge in [-0.05, 0) is 30.4 Å². The average molecular weight is 577 g/mol. The fraction of sp³-hybridized carbons (Fsp3) is 0.360. The summed E-state index contributed by atoms with van der Waals surface area (Å²) in [6.07, 6.45) is 8.56. The predicted molar refractivity (Wildman–Crippen MR) is 145 cm³/mol. The van der Waals surface area contributed by atoms with Crippen LogP contribution < -0.4 is 0 Å². The van der Waals surface area contributed by atoms with Gasteiger partial charge in [-0.25, -0.2) is 16.8 Å². The number of hydrogen-bond acceptors (Lipinski definition) is 8. The molecule has 0 radical (unpaired) electrons. The van der Waals surface area contributed by atoms with Crippen LogP contribution in [0.25, 0.3) is 0 Å². The Balaban J connectivity index is 1.50. The third-order valence-electron chi connectivity index (χ3n) is 6.68. The van der Waals surface area contributed by atoms with Gasteiger partial charge in [-0.15, -0.1) is 0 Å². The summed E-state index contributed by atoms with van der Waals surface area (Å²) in [4.78, 5) is 20.7. The maximum absolute atomic E-state index is 13.4. The monoisotopic (exact) mass is 576 g/mol. The minimum absolute atomic E-state index is 0.131. The summed E-state index contributed by atoms with van der Waals surface area (Å²) in [5.74, 6) is -0.671. The molecule has 2 atom stereocenters. The van der Waals surface area contributed by atoms with Gasteiger partial charge in [0.2, 0.25) is 20.0 Å². The van der Waals surface area contributed by atoms with Crippen molar-refractivity contribution in [3.8, 4) is 0 Å². The van der Waals surface area contributed by atoms with Gasteiger partial charge in [0.1, 0.15) is 0 Å². The van der Waals surface area contributed by atoms with E-state index in [1.807, 2.05) is 12.2 Å². The van der Waals surface area contributed by atoms with Crippen molar-refractivity contribution in [1.82, 2.24) is 8.61 Å². The Hall–Kier alpha value is -3.46. The lowest BCUT2D eigenvalue weighted by molar-refractivity contribution is -0.385. The molecule has 14 heteroatoms. The summed E-state index contributed by atoms with van der Waals surface area (Å²) in [5, 5.41) is 21.8. The molecule has 2 aromatic rings. The van der Waals surface area contributed by atoms with Crippen molar-refractivity contribution in [2.75, 3.05) is 13.1 Å². The smallest absolute Gasteiger partial charge is 0.258 e. The molecule has 0 bridgehead atoms. The molecule has 0 unspecified atom stereocenters. The van der Waals surface area contributed by atoms with Crippen LogP contribution in [0, 0.1) is 20.2 Å². The molecule has 2 heterocycles. The molecule has 0 aromatic heterocycles. The third kappa shape index (κ3) is 6.95. The lowest BCUT2D eigenvalue weighted by atomic mass is 10.0. The topological polar surface area (TPSA) is 161 Å². The second-order valence-corrected chi connectivity index (χ2v) is 13.2. The van der Waals surface area contributed by atoms with E-state index in [2.05, 4.69) is 0 Å². The number of hydrogen-bond donors (Lipinski definition) is 0. The molecule has 2 aliphatic heterocycles. The maximum atomic E-state index is 13.4. The zero-order valence-electron chi connectivity index (χ0n) is 20.9. The highest BCUT2D eigenvalue weighted by Crippen LogP contribution is 2.28. The largest absolute Gasteiger partial charge is 0.269 e. The molecule has 39 heavy (non-hydrogen) atoms. The van der Waals surface area contributed by atoms with Gasteiger partial charge in [-0.2, -0.15) is 8.61 Å². The van der Waals surface area contributed by atoms with Crippen LogP contribution in [-0.2, 0) is 31.6 Å². The van der Waals surface area contributed by atoms with Crippen LogP contribution >= 0.6 is 0 Å². The Morgan fingerprint density at radius 3 is 1.36 bits per heavy atom. The minimum atomic E-state index is -3.82. The van der Waals surface area contributed by atoms with E-state index < -0.39 is 42.0 Å². The summed E-state index contributed by atoms with van der Waals surface area (Å²) < 4.78 is 56.3. The van der Waals surface area contributed by atoms with Crippen LogP contribution in [-0.4, -0.2) is 60.5 Å². The van der Waals surface area contributed by atoms with Crippen LogP contribution in [0.15, 0.2) is 72.8 Å². The van der Waals surface area contributed by atoms with Crippen molar-refractivity contribution in [2.24, 2.45) is 0 Å². The van der Waals surface area contributed by atoms with E-state index in [0.717, 1.165) is 0 Å². The summed E-state index contributed by atoms with van der Waals surface area (Å²) >= 11 is 0. The average Bonchev–Trinajstić information content (AvgIpc) is 2.89. The lowest BCUT2D eigenvalue weighted by Crippen LogP contribution is -2.48. The molecule has 0 amide bonds. The van der Waals surface area contributed by atoms with E-state index in [0.29, 0.717) is 24.0 Å². The Morgan fingerprint density at radius 2 is 1.03 bits per heavy atom. The molecule has 0 saturated carbocycles. The number of nitro benzene ring substituents is 2. The molecule has 12 nitrogen and oxygen atoms in total. The number of sulfonamides is 2. The number of non-ortho nitro benzene ring substituents is 2. The van der Waals surface area contributed by atoms with E-state index in [9.17, 15) is 37.1 Å². The lowest BCUT2D eigenvalue weighted by Gasteiger charge is -2.37. The Kier molecular flexibility index (Phi) is 8.59. The molecule has 2 aliphatic rings. The first-order valence-corrected chi connectivity index (χ1v) is 15.5. The van der Waals surface area contributed by atoms with Gasteiger partial charge in [0.25, 0.3) is 11.4 Å². The summed E-state index contributed by atoms with van der Waals surface area (Å²) in [6.45, 7) is 0.477. The number of benzene rings is 2. The first-order chi connectivity index (χ1) is 18.5. The SMILES string of the molecule is O=[N+]([O-])c1ccc(CS(=O)(=O)N2CCC=C[C@@H]2C[C@@H]2C=CCCN2S(=O)(=O)Cc2ccc([N+](=O)[O-])cc2)cc1. The molecule has 0 fully saturated rings. The molecule has 4 rings (SSSR count). The molecule has 0 aliphatic carbocycles. The van der Waals surface area contributed by atoms with Crippen molar-refractivity contribution in [1.29, 1.82) is 0 Å². The van der Waals surface area contributed by atoms with Gasteiger partial charge < -0.3 is 0 Å². The Bertz CT molecular complexity index is 1370. The van der Waals surface area contributed by atoms with Crippen LogP contribution in [0.3, 0.4) is 0 Å². The Labute approximate surface area is 226 Å². The fourth-order valence-electron chi connectivity index (χ4n) is 4.78. The van der Waals surface area contributed by atoms with Gasteiger partial charge in [0, 0.05) is 49.4 Å². The quantitative estimate of drug-likeness (QED) is 0.236. The van der Waals surface area contributed by atoms with Gasteiger partial charge in [0.15, 0.2) is 0 Å². The van der Waals surface area contributed by atoms with Crippen LogP contribution in [0.1, 0.15) is 30.4 Å². The molecule has 2 aromatic carbocycles. The molecule has 208 valence electrons. The van der Waals surface area contributed by atoms with E-state index in [1.165, 1.54) is 57.1 Å². The first-order valence-electron chi connectivity index (χ1n) is 12.3. The Morgan fingerprint density at radius 1 is 0.667 bits per heavy atom. The third-order valence-corrected chi connectivity index (χ3v) is 10.4. The van der Waals surface area contributed by atoms with E-state index in [4.69, 9.17) is 0 Å². The van der Waals surface area contributed by atoms with Gasteiger partial charge >= 0.3 is 0 Å². The zero-order valence-corrected chi connectivity index (χ0v) is 22.5. The molecule has 0 N–H and O–H groups in total. The maximum Gasteiger partial charge on any atom is 0.269 e. The highest BCUT2D eigenvalue weighted by atomic mass is 32.2. The second kappa shape index (κ2) is 11.7. The zero-order chi connectivity index (χ0) is 28.2. The van der Waals surface area contributed by atoms with Crippen molar-refractivity contribution in [3.05, 3.63) is 104 Å². The van der Waals surface area contributed by atoms with Gasteiger partial charge in [0.05, 0.1) is 21.4 Å². The van der Waals surface area contributed by atoms with Crippen LogP contribution in [0.2, 0.25) is 0 Å². The molecule has 0 spiro atoms. The fourth-order valence-corrected chi connectivity index (χ4v) is 8.24. The standard InChI is InChI=1S/C25H28N4O8S2/c30-28(31)22-11-7-20(8-12-22)18-38(34,35)26-15-3-1-5-24(26)17-25-6-2-4-16-27(25)39(36,37)19-21-9-13-23(14-10-21)29(32)33/h1-2,5-14,24-25H,3-4,15-19H2/t24-,25+. The second-order valence-electron chi connectivity index (χ2n) is 9.39. The van der Waals surface area contributed by atoms with Crippen molar-refractivity contribution < 1.29 is 26.7 Å². The molecule has 0 saturated heterocycles. The van der Waals surface area contributed by atoms with Crippen molar-refractivity contribution in [2.45, 2.75) is 42.9 Å². The summed E-state index contributed by atoms with van der Waals surface area (Å²) in [6, 6.07) is 9.57. The molecular weight excluding hydrogens is 548 g/mol. The van der Waals surface area contributed by atoms with Crippen LogP contribution in [0.4, 0.5) is 11.4 Å². The highest BCUT2D eigenvalue weighted by molar-refractivity contribution is 7.88. The number of nitro groups is 2. The van der Waals surface area contributed by atoms with Gasteiger partial charge in [-0.3, -0.25) is 20.2 Å². The summed E-state index contributed by atoms with van der Waals surface area (Å²) in [5.41, 5.74) is 0.570. The highest BCUT2D eigenvalue weighted by Gasteiger charge is 2.36. The minimum Gasteiger partial charge on any atom is -0.258 e. The van der Waals surface area contributed by atoms with Gasteiger partial charge in [-0.1, -0.05) is 48.6 Å². The number of nitrogens with zero attached hydrogens (tertiary/aromatic N) is 4. The van der Waals surface area contributed by atoms with E-state index in [1.54, 1.807) is 12.2 Å². The van der Waals surface area contributed by atoms with E-state index >= 15 is 0 Å². The van der Waals surface area contributed by atoms with Crippen molar-refractivity contribution >= 4 is 31.4 Å². The van der Waals surface area contributed by atoms with Crippen LogP contribution in [0.5, 0.6) is 0 Å². The van der Waals surface area contributed by atoms with E-state index in [-0.39, 0.29) is 42.4 Å². The number of rotatable bonds is 10. The van der Waals surface area contributed by atoms with Crippen molar-refractivity contribution in [3.63, 3.8) is 0 Å². The first kappa shape index (κ1) is 28.5. The predicted octanol–water partition coefficient (Wildman–Crippen LogP) is 3.51. The normalized spacial score (nSPS) is 20.6.